The van der Waals surface area contributed by atoms with Crippen LogP contribution in [0.25, 0.3) is 11.2 Å². The van der Waals surface area contributed by atoms with Crippen LogP contribution in [-0.4, -0.2) is 25.6 Å². The minimum Gasteiger partial charge on any atom is -0.444 e. The molecule has 4 aromatic rings. The molecule has 0 fully saturated rings. The summed E-state index contributed by atoms with van der Waals surface area (Å²) in [5, 5.41) is 2.56. The summed E-state index contributed by atoms with van der Waals surface area (Å²) >= 11 is 0. The molecule has 0 aliphatic carbocycles. The largest absolute Gasteiger partial charge is 0.444 e. The highest BCUT2D eigenvalue weighted by Gasteiger charge is 2.16. The Bertz CT molecular complexity index is 1150. The number of hydrogen-bond acceptors (Lipinski definition) is 5. The maximum absolute atomic E-state index is 12.8. The average molecular weight is 375 g/mol. The molecular weight excluding hydrogens is 358 g/mol. The first-order valence-electron chi connectivity index (χ1n) is 8.66. The van der Waals surface area contributed by atoms with Crippen molar-refractivity contribution in [2.24, 2.45) is 0 Å². The van der Waals surface area contributed by atoms with Crippen molar-refractivity contribution in [2.45, 2.75) is 13.2 Å². The van der Waals surface area contributed by atoms with Gasteiger partial charge in [-0.15, -0.1) is 0 Å². The maximum Gasteiger partial charge on any atom is 0.414 e. The number of aromatic nitrogens is 4. The van der Waals surface area contributed by atoms with Gasteiger partial charge in [-0.05, 0) is 11.1 Å². The second-order valence-corrected chi connectivity index (χ2v) is 6.10. The van der Waals surface area contributed by atoms with Crippen LogP contribution < -0.4 is 10.9 Å². The van der Waals surface area contributed by atoms with Gasteiger partial charge < -0.3 is 9.72 Å². The lowest BCUT2D eigenvalue weighted by Gasteiger charge is -2.13. The van der Waals surface area contributed by atoms with Crippen molar-refractivity contribution in [2.75, 3.05) is 5.32 Å². The molecule has 4 rings (SSSR count). The molecule has 28 heavy (non-hydrogen) atoms. The van der Waals surface area contributed by atoms with Crippen LogP contribution in [-0.2, 0) is 17.9 Å². The second-order valence-electron chi connectivity index (χ2n) is 6.10. The predicted molar refractivity (Wildman–Crippen MR) is 104 cm³/mol. The Kier molecular flexibility index (Phi) is 4.83. The molecule has 0 aliphatic rings. The SMILES string of the molecule is O=C(Nc1nc2nc[nH]c2c(=O)n1Cc1ccccc1)OCc1ccccc1. The summed E-state index contributed by atoms with van der Waals surface area (Å²) in [6.07, 6.45) is 0.691. The first-order valence-corrected chi connectivity index (χ1v) is 8.66. The molecule has 1 amide bonds. The van der Waals surface area contributed by atoms with Crippen molar-refractivity contribution in [3.05, 3.63) is 88.5 Å². The van der Waals surface area contributed by atoms with Gasteiger partial charge in [0.05, 0.1) is 12.9 Å². The number of fused-ring (bicyclic) bond motifs is 1. The van der Waals surface area contributed by atoms with Gasteiger partial charge in [0.2, 0.25) is 5.95 Å². The lowest BCUT2D eigenvalue weighted by molar-refractivity contribution is 0.155. The number of aromatic amines is 1. The fourth-order valence-electron chi connectivity index (χ4n) is 2.78. The molecule has 0 bridgehead atoms. The number of anilines is 1. The number of benzene rings is 2. The number of rotatable bonds is 5. The van der Waals surface area contributed by atoms with E-state index in [1.807, 2.05) is 60.7 Å². The fourth-order valence-corrected chi connectivity index (χ4v) is 2.78. The van der Waals surface area contributed by atoms with E-state index in [0.717, 1.165) is 11.1 Å². The number of nitrogens with zero attached hydrogens (tertiary/aromatic N) is 3. The van der Waals surface area contributed by atoms with Crippen LogP contribution in [0, 0.1) is 0 Å². The lowest BCUT2D eigenvalue weighted by atomic mass is 10.2. The van der Waals surface area contributed by atoms with E-state index in [-0.39, 0.29) is 35.8 Å². The number of amides is 1. The highest BCUT2D eigenvalue weighted by Crippen LogP contribution is 2.11. The zero-order valence-electron chi connectivity index (χ0n) is 14.8. The van der Waals surface area contributed by atoms with E-state index in [1.165, 1.54) is 10.9 Å². The smallest absolute Gasteiger partial charge is 0.414 e. The van der Waals surface area contributed by atoms with Crippen molar-refractivity contribution in [3.8, 4) is 0 Å². The Labute approximate surface area is 159 Å². The van der Waals surface area contributed by atoms with Gasteiger partial charge in [-0.1, -0.05) is 60.7 Å². The van der Waals surface area contributed by atoms with Crippen molar-refractivity contribution in [1.29, 1.82) is 0 Å². The molecule has 2 aromatic heterocycles. The maximum atomic E-state index is 12.8. The van der Waals surface area contributed by atoms with Crippen LogP contribution >= 0.6 is 0 Å². The number of imidazole rings is 1. The molecule has 0 spiro atoms. The van der Waals surface area contributed by atoms with E-state index in [9.17, 15) is 9.59 Å². The Morgan fingerprint density at radius 1 is 1.04 bits per heavy atom. The third-order valence-corrected chi connectivity index (χ3v) is 4.16. The molecule has 0 unspecified atom stereocenters. The minimum atomic E-state index is -0.701. The van der Waals surface area contributed by atoms with E-state index >= 15 is 0 Å². The highest BCUT2D eigenvalue weighted by molar-refractivity contribution is 5.83. The summed E-state index contributed by atoms with van der Waals surface area (Å²) in [5.41, 5.74) is 1.93. The van der Waals surface area contributed by atoms with Gasteiger partial charge in [0.1, 0.15) is 6.61 Å². The molecule has 2 N–H and O–H groups in total. The molecule has 140 valence electrons. The van der Waals surface area contributed by atoms with Gasteiger partial charge in [0.25, 0.3) is 5.56 Å². The second kappa shape index (κ2) is 7.75. The molecular formula is C20H17N5O3. The summed E-state index contributed by atoms with van der Waals surface area (Å²) in [5.74, 6) is 0.0755. The zero-order chi connectivity index (χ0) is 19.3. The third-order valence-electron chi connectivity index (χ3n) is 4.16. The summed E-state index contributed by atoms with van der Waals surface area (Å²) in [4.78, 5) is 36.2. The summed E-state index contributed by atoms with van der Waals surface area (Å²) in [7, 11) is 0. The van der Waals surface area contributed by atoms with Crippen molar-refractivity contribution in [3.63, 3.8) is 0 Å². The summed E-state index contributed by atoms with van der Waals surface area (Å²) < 4.78 is 6.61. The molecule has 0 atom stereocenters. The molecule has 8 heteroatoms. The van der Waals surface area contributed by atoms with Crippen LogP contribution in [0.4, 0.5) is 10.7 Å². The van der Waals surface area contributed by atoms with Gasteiger partial charge in [-0.2, -0.15) is 4.98 Å². The van der Waals surface area contributed by atoms with Gasteiger partial charge in [-0.3, -0.25) is 14.7 Å². The average Bonchev–Trinajstić information content (AvgIpc) is 3.20. The molecule has 0 saturated carbocycles. The van der Waals surface area contributed by atoms with Crippen LogP contribution in [0.15, 0.2) is 71.8 Å². The normalized spacial score (nSPS) is 10.7. The fraction of sp³-hybridized carbons (Fsp3) is 0.100. The molecule has 0 aliphatic heterocycles. The van der Waals surface area contributed by atoms with Crippen LogP contribution in [0.3, 0.4) is 0 Å². The van der Waals surface area contributed by atoms with Gasteiger partial charge >= 0.3 is 6.09 Å². The summed E-state index contributed by atoms with van der Waals surface area (Å²) in [6.45, 7) is 0.357. The van der Waals surface area contributed by atoms with Crippen LogP contribution in [0.5, 0.6) is 0 Å². The van der Waals surface area contributed by atoms with E-state index < -0.39 is 6.09 Å². The molecule has 0 saturated heterocycles. The monoisotopic (exact) mass is 375 g/mol. The molecule has 2 heterocycles. The number of hydrogen-bond donors (Lipinski definition) is 2. The quantitative estimate of drug-likeness (QED) is 0.558. The number of nitrogens with one attached hydrogen (secondary N) is 2. The molecule has 0 radical (unpaired) electrons. The first-order chi connectivity index (χ1) is 13.7. The molecule has 2 aromatic carbocycles. The predicted octanol–water partition coefficient (Wildman–Crippen LogP) is 2.92. The van der Waals surface area contributed by atoms with Crippen molar-refractivity contribution in [1.82, 2.24) is 19.5 Å². The van der Waals surface area contributed by atoms with E-state index in [0.29, 0.717) is 0 Å². The van der Waals surface area contributed by atoms with Crippen LogP contribution in [0.1, 0.15) is 11.1 Å². The zero-order valence-corrected chi connectivity index (χ0v) is 14.8. The standard InChI is InChI=1S/C20H17N5O3/c26-18-16-17(22-13-21-16)23-19(25(18)11-14-7-3-1-4-8-14)24-20(27)28-12-15-9-5-2-6-10-15/h1-10,13H,11-12H2,(H,21,22)(H,23,24,27). The van der Waals surface area contributed by atoms with Crippen LogP contribution in [0.2, 0.25) is 0 Å². The van der Waals surface area contributed by atoms with Crippen molar-refractivity contribution < 1.29 is 9.53 Å². The number of carbonyl (C=O) groups excluding carboxylic acids is 1. The van der Waals surface area contributed by atoms with Crippen molar-refractivity contribution >= 4 is 23.2 Å². The van der Waals surface area contributed by atoms with E-state index in [1.54, 1.807) is 0 Å². The minimum absolute atomic E-state index is 0.0755. The number of H-pyrrole nitrogens is 1. The third kappa shape index (κ3) is 3.75. The van der Waals surface area contributed by atoms with E-state index in [4.69, 9.17) is 4.74 Å². The molecule has 8 nitrogen and oxygen atoms in total. The van der Waals surface area contributed by atoms with Gasteiger partial charge in [0.15, 0.2) is 11.2 Å². The number of carbonyl (C=O) groups is 1. The highest BCUT2D eigenvalue weighted by atomic mass is 16.5. The van der Waals surface area contributed by atoms with E-state index in [2.05, 4.69) is 20.3 Å². The Hall–Kier alpha value is -3.94. The van der Waals surface area contributed by atoms with Gasteiger partial charge in [0, 0.05) is 0 Å². The first kappa shape index (κ1) is 17.5. The topological polar surface area (TPSA) is 102 Å². The lowest BCUT2D eigenvalue weighted by Crippen LogP contribution is -2.28. The Morgan fingerprint density at radius 2 is 1.71 bits per heavy atom. The Morgan fingerprint density at radius 3 is 2.43 bits per heavy atom. The van der Waals surface area contributed by atoms with Gasteiger partial charge in [-0.25, -0.2) is 9.78 Å². The summed E-state index contributed by atoms with van der Waals surface area (Å²) in [6, 6.07) is 18.7. The Balaban J connectivity index is 1.60. The number of ether oxygens (including phenoxy) is 1.